The zero-order valence-electron chi connectivity index (χ0n) is 19.0. The molecule has 0 fully saturated rings. The topological polar surface area (TPSA) is 36.9 Å². The number of hydrogen-bond acceptors (Lipinski definition) is 4. The summed E-state index contributed by atoms with van der Waals surface area (Å²) in [6.07, 6.45) is 7.09. The van der Waals surface area contributed by atoms with Crippen molar-refractivity contribution in [1.29, 1.82) is 0 Å². The molecule has 0 heterocycles. The molecule has 0 radical (unpaired) electrons. The minimum Gasteiger partial charge on any atom is -0.367 e. The fourth-order valence-corrected chi connectivity index (χ4v) is 2.71. The van der Waals surface area contributed by atoms with E-state index < -0.39 is 11.6 Å². The summed E-state index contributed by atoms with van der Waals surface area (Å²) in [6.45, 7) is 19.4. The van der Waals surface area contributed by atoms with Crippen LogP contribution in [0.1, 0.15) is 107 Å². The fraction of sp³-hybridized carbons (Fsp3) is 1.00. The Hall–Kier alpha value is -0.160. The van der Waals surface area contributed by atoms with Gasteiger partial charge in [-0.05, 0) is 60.8 Å². The molecule has 158 valence electrons. The number of ether oxygens (including phenoxy) is 4. The summed E-state index contributed by atoms with van der Waals surface area (Å²) in [5.41, 5.74) is -0.400. The molecular weight excluding hydrogens is 328 g/mol. The summed E-state index contributed by atoms with van der Waals surface area (Å²) in [4.78, 5) is 0. The average Bonchev–Trinajstić information content (AvgIpc) is 2.52. The van der Waals surface area contributed by atoms with Crippen molar-refractivity contribution in [3.8, 4) is 0 Å². The van der Waals surface area contributed by atoms with Gasteiger partial charge in [-0.2, -0.15) is 0 Å². The van der Waals surface area contributed by atoms with Gasteiger partial charge in [0.05, 0.1) is 24.4 Å². The normalized spacial score (nSPS) is 17.3. The molecule has 0 saturated heterocycles. The fourth-order valence-electron chi connectivity index (χ4n) is 2.71. The van der Waals surface area contributed by atoms with Crippen LogP contribution in [-0.4, -0.2) is 36.5 Å². The molecule has 3 unspecified atom stereocenters. The van der Waals surface area contributed by atoms with Crippen LogP contribution in [0, 0.1) is 0 Å². The van der Waals surface area contributed by atoms with E-state index in [4.69, 9.17) is 18.9 Å². The van der Waals surface area contributed by atoms with Crippen LogP contribution in [0.15, 0.2) is 0 Å². The van der Waals surface area contributed by atoms with Gasteiger partial charge in [-0.15, -0.1) is 0 Å². The predicted molar refractivity (Wildman–Crippen MR) is 109 cm³/mol. The highest BCUT2D eigenvalue weighted by molar-refractivity contribution is 4.79. The SMILES string of the molecule is CCCCCC(OC(C)C)C(OCCCC)(OC(C)CC)OC(C)(C)C. The molecule has 0 N–H and O–H groups in total. The van der Waals surface area contributed by atoms with Gasteiger partial charge in [-0.25, -0.2) is 0 Å². The van der Waals surface area contributed by atoms with Gasteiger partial charge in [0.15, 0.2) is 0 Å². The van der Waals surface area contributed by atoms with E-state index in [1.54, 1.807) is 0 Å². The Bertz CT molecular complexity index is 338. The molecule has 4 heteroatoms. The van der Waals surface area contributed by atoms with Crippen molar-refractivity contribution >= 4 is 0 Å². The highest BCUT2D eigenvalue weighted by Crippen LogP contribution is 2.34. The molecule has 0 spiro atoms. The molecule has 0 saturated carbocycles. The highest BCUT2D eigenvalue weighted by Gasteiger charge is 2.48. The van der Waals surface area contributed by atoms with E-state index in [0.717, 1.165) is 32.1 Å². The van der Waals surface area contributed by atoms with Crippen molar-refractivity contribution in [2.24, 2.45) is 0 Å². The van der Waals surface area contributed by atoms with Gasteiger partial charge in [0.1, 0.15) is 6.10 Å². The number of rotatable bonds is 15. The zero-order chi connectivity index (χ0) is 20.2. The summed E-state index contributed by atoms with van der Waals surface area (Å²) in [5, 5.41) is 0. The predicted octanol–water partition coefficient (Wildman–Crippen LogP) is 6.46. The van der Waals surface area contributed by atoms with Crippen molar-refractivity contribution < 1.29 is 18.9 Å². The molecule has 0 aliphatic carbocycles. The van der Waals surface area contributed by atoms with Crippen LogP contribution in [0.2, 0.25) is 0 Å². The maximum atomic E-state index is 6.47. The quantitative estimate of drug-likeness (QED) is 0.243. The van der Waals surface area contributed by atoms with E-state index in [2.05, 4.69) is 41.5 Å². The van der Waals surface area contributed by atoms with Crippen LogP contribution in [0.25, 0.3) is 0 Å². The van der Waals surface area contributed by atoms with Crippen LogP contribution >= 0.6 is 0 Å². The van der Waals surface area contributed by atoms with Crippen molar-refractivity contribution in [3.63, 3.8) is 0 Å². The van der Waals surface area contributed by atoms with Crippen LogP contribution < -0.4 is 0 Å². The second-order valence-corrected chi connectivity index (χ2v) is 8.53. The van der Waals surface area contributed by atoms with Crippen molar-refractivity contribution in [2.45, 2.75) is 137 Å². The largest absolute Gasteiger partial charge is 0.367 e. The third-order valence-corrected chi connectivity index (χ3v) is 4.09. The first-order valence-electron chi connectivity index (χ1n) is 10.8. The van der Waals surface area contributed by atoms with Crippen molar-refractivity contribution in [3.05, 3.63) is 0 Å². The molecule has 0 rings (SSSR count). The highest BCUT2D eigenvalue weighted by atomic mass is 16.9. The van der Waals surface area contributed by atoms with Gasteiger partial charge in [-0.1, -0.05) is 46.5 Å². The van der Waals surface area contributed by atoms with Gasteiger partial charge in [0.2, 0.25) is 0 Å². The van der Waals surface area contributed by atoms with Gasteiger partial charge in [0.25, 0.3) is 0 Å². The molecular formula is C22H46O4. The van der Waals surface area contributed by atoms with E-state index in [0.29, 0.717) is 6.61 Å². The molecule has 0 aliphatic heterocycles. The molecule has 0 aromatic rings. The van der Waals surface area contributed by atoms with Crippen LogP contribution in [-0.2, 0) is 18.9 Å². The lowest BCUT2D eigenvalue weighted by Crippen LogP contribution is -2.56. The van der Waals surface area contributed by atoms with Crippen LogP contribution in [0.5, 0.6) is 0 Å². The van der Waals surface area contributed by atoms with E-state index in [1.165, 1.54) is 12.8 Å². The Balaban J connectivity index is 5.73. The van der Waals surface area contributed by atoms with Gasteiger partial charge >= 0.3 is 5.97 Å². The summed E-state index contributed by atoms with van der Waals surface area (Å²) in [5.74, 6) is -1.17. The van der Waals surface area contributed by atoms with E-state index >= 15 is 0 Å². The lowest BCUT2D eigenvalue weighted by Gasteiger charge is -2.45. The first kappa shape index (κ1) is 25.8. The van der Waals surface area contributed by atoms with Crippen molar-refractivity contribution in [2.75, 3.05) is 6.61 Å². The van der Waals surface area contributed by atoms with E-state index in [9.17, 15) is 0 Å². The molecule has 3 atom stereocenters. The van der Waals surface area contributed by atoms with Crippen molar-refractivity contribution in [1.82, 2.24) is 0 Å². The Morgan fingerprint density at radius 2 is 1.46 bits per heavy atom. The summed E-state index contributed by atoms with van der Waals surface area (Å²) >= 11 is 0. The Kier molecular flexibility index (Phi) is 13.0. The lowest BCUT2D eigenvalue weighted by atomic mass is 10.1. The maximum absolute atomic E-state index is 6.47. The summed E-state index contributed by atoms with van der Waals surface area (Å²) < 4.78 is 25.6. The molecule has 0 bridgehead atoms. The first-order valence-corrected chi connectivity index (χ1v) is 10.8. The van der Waals surface area contributed by atoms with Crippen LogP contribution in [0.4, 0.5) is 0 Å². The van der Waals surface area contributed by atoms with Crippen LogP contribution in [0.3, 0.4) is 0 Å². The second-order valence-electron chi connectivity index (χ2n) is 8.53. The minimum absolute atomic E-state index is 0.0309. The van der Waals surface area contributed by atoms with Gasteiger partial charge < -0.3 is 18.9 Å². The van der Waals surface area contributed by atoms with Gasteiger partial charge in [0, 0.05) is 0 Å². The van der Waals surface area contributed by atoms with Gasteiger partial charge in [-0.3, -0.25) is 0 Å². The molecule has 0 aromatic heterocycles. The Morgan fingerprint density at radius 1 is 0.846 bits per heavy atom. The third kappa shape index (κ3) is 10.9. The molecule has 0 amide bonds. The standard InChI is InChI=1S/C22H46O4/c1-10-13-15-16-20(24-18(4)5)22(23-17-14-11-2,25-19(6)12-3)26-21(7,8)9/h18-20H,10-17H2,1-9H3. The molecule has 4 nitrogen and oxygen atoms in total. The Morgan fingerprint density at radius 3 is 1.92 bits per heavy atom. The zero-order valence-corrected chi connectivity index (χ0v) is 19.0. The van der Waals surface area contributed by atoms with E-state index in [1.807, 2.05) is 20.8 Å². The third-order valence-electron chi connectivity index (χ3n) is 4.09. The summed E-state index contributed by atoms with van der Waals surface area (Å²) in [7, 11) is 0. The minimum atomic E-state index is -1.17. The summed E-state index contributed by atoms with van der Waals surface area (Å²) in [6, 6.07) is 0. The monoisotopic (exact) mass is 374 g/mol. The Labute approximate surface area is 163 Å². The molecule has 0 aromatic carbocycles. The number of hydrogen-bond donors (Lipinski definition) is 0. The maximum Gasteiger partial charge on any atom is 0.311 e. The second kappa shape index (κ2) is 13.1. The van der Waals surface area contributed by atoms with E-state index in [-0.39, 0.29) is 18.3 Å². The smallest absolute Gasteiger partial charge is 0.311 e. The average molecular weight is 375 g/mol. The molecule has 0 aliphatic rings. The number of unbranched alkanes of at least 4 members (excludes halogenated alkanes) is 3. The first-order chi connectivity index (χ1) is 12.1. The lowest BCUT2D eigenvalue weighted by molar-refractivity contribution is -0.450. The molecule has 26 heavy (non-hydrogen) atoms.